The van der Waals surface area contributed by atoms with Crippen molar-refractivity contribution in [2.24, 2.45) is 0 Å². The Morgan fingerprint density at radius 3 is 1.86 bits per heavy atom. The summed E-state index contributed by atoms with van der Waals surface area (Å²) in [5.41, 5.74) is -0.440. The zero-order chi connectivity index (χ0) is 16.2. The molecule has 0 unspecified atom stereocenters. The fraction of sp³-hybridized carbons (Fsp3) is 0.182. The van der Waals surface area contributed by atoms with Gasteiger partial charge in [-0.1, -0.05) is 12.1 Å². The summed E-state index contributed by atoms with van der Waals surface area (Å²) in [5, 5.41) is 17.1. The van der Waals surface area contributed by atoms with Gasteiger partial charge in [-0.25, -0.2) is 4.79 Å². The van der Waals surface area contributed by atoms with E-state index in [1.54, 1.807) is 0 Å². The van der Waals surface area contributed by atoms with Gasteiger partial charge in [0.2, 0.25) is 0 Å². The molecular formula is C11H11NO8S. The van der Waals surface area contributed by atoms with E-state index in [4.69, 9.17) is 14.9 Å². The van der Waals surface area contributed by atoms with Crippen LogP contribution in [-0.2, 0) is 19.7 Å². The molecule has 0 spiro atoms. The number of carboxylic acid groups (broad SMARTS) is 1. The Labute approximate surface area is 119 Å². The molecule has 2 amide bonds. The molecule has 1 aromatic rings. The highest BCUT2D eigenvalue weighted by atomic mass is 32.2. The molecule has 1 fully saturated rings. The molecule has 1 aromatic carbocycles. The van der Waals surface area contributed by atoms with Gasteiger partial charge in [-0.15, -0.1) is 0 Å². The summed E-state index contributed by atoms with van der Waals surface area (Å²) in [6.07, 6.45) is 0.296. The van der Waals surface area contributed by atoms with Crippen molar-refractivity contribution >= 4 is 27.9 Å². The molecule has 0 saturated carbocycles. The summed E-state index contributed by atoms with van der Waals surface area (Å²) in [5.74, 6) is -2.40. The van der Waals surface area contributed by atoms with Crippen molar-refractivity contribution in [3.05, 3.63) is 29.8 Å². The van der Waals surface area contributed by atoms with Gasteiger partial charge in [0.25, 0.3) is 21.9 Å². The molecule has 0 aliphatic carbocycles. The number of aromatic carboxylic acids is 1. The number of carboxylic acids is 1. The Morgan fingerprint density at radius 1 is 1.10 bits per heavy atom. The number of nitrogens with zero attached hydrogens (tertiary/aromatic N) is 1. The van der Waals surface area contributed by atoms with E-state index in [1.165, 1.54) is 12.1 Å². The maximum atomic E-state index is 10.7. The van der Waals surface area contributed by atoms with Crippen LogP contribution in [0, 0.1) is 0 Å². The third kappa shape index (κ3) is 4.34. The molecule has 1 saturated heterocycles. The van der Waals surface area contributed by atoms with Crippen LogP contribution < -0.4 is 0 Å². The molecule has 3 N–H and O–H groups in total. The van der Waals surface area contributed by atoms with Gasteiger partial charge >= 0.3 is 5.97 Å². The van der Waals surface area contributed by atoms with Crippen LogP contribution in [0.15, 0.2) is 29.2 Å². The van der Waals surface area contributed by atoms with Crippen LogP contribution in [0.4, 0.5) is 0 Å². The normalized spacial score (nSPS) is 14.7. The van der Waals surface area contributed by atoms with E-state index in [9.17, 15) is 22.8 Å². The predicted molar refractivity (Wildman–Crippen MR) is 66.1 cm³/mol. The predicted octanol–water partition coefficient (Wildman–Crippen LogP) is 0.156. The number of carbonyl (C=O) groups excluding carboxylic acids is 2. The fourth-order valence-corrected chi connectivity index (χ4v) is 2.12. The topological polar surface area (TPSA) is 149 Å². The quantitative estimate of drug-likeness (QED) is 0.396. The largest absolute Gasteiger partial charge is 0.478 e. The molecule has 0 atom stereocenters. The van der Waals surface area contributed by atoms with Crippen molar-refractivity contribution in [3.63, 3.8) is 0 Å². The summed E-state index contributed by atoms with van der Waals surface area (Å²) in [7, 11) is -4.46. The number of amides is 2. The van der Waals surface area contributed by atoms with E-state index >= 15 is 0 Å². The monoisotopic (exact) mass is 317 g/mol. The van der Waals surface area contributed by atoms with E-state index in [1.807, 2.05) is 0 Å². The first-order valence-electron chi connectivity index (χ1n) is 5.49. The average Bonchev–Trinajstić information content (AvgIpc) is 2.70. The number of carbonyl (C=O) groups is 3. The number of hydrogen-bond donors (Lipinski definition) is 3. The lowest BCUT2D eigenvalue weighted by Gasteiger charge is -2.00. The number of rotatable bonds is 2. The second-order valence-electron chi connectivity index (χ2n) is 3.88. The Hall–Kier alpha value is -2.30. The highest BCUT2D eigenvalue weighted by molar-refractivity contribution is 7.86. The van der Waals surface area contributed by atoms with Gasteiger partial charge in [-0.05, 0) is 12.1 Å². The SMILES string of the molecule is O=C(O)c1ccccc1S(=O)(=O)O.O=C1CCC(=O)N1O. The molecule has 0 radical (unpaired) electrons. The van der Waals surface area contributed by atoms with Crippen molar-refractivity contribution in [2.75, 3.05) is 0 Å². The van der Waals surface area contributed by atoms with Crippen LogP contribution in [0.1, 0.15) is 23.2 Å². The molecule has 1 aliphatic heterocycles. The summed E-state index contributed by atoms with van der Waals surface area (Å²) in [6, 6.07) is 4.83. The Balaban J connectivity index is 0.000000235. The Bertz CT molecular complexity index is 665. The minimum atomic E-state index is -4.46. The molecule has 2 rings (SSSR count). The zero-order valence-corrected chi connectivity index (χ0v) is 11.3. The van der Waals surface area contributed by atoms with Crippen LogP contribution >= 0.6 is 0 Å². The first-order valence-corrected chi connectivity index (χ1v) is 6.93. The second-order valence-corrected chi connectivity index (χ2v) is 5.27. The van der Waals surface area contributed by atoms with Crippen LogP contribution in [0.5, 0.6) is 0 Å². The fourth-order valence-electron chi connectivity index (χ4n) is 1.43. The second kappa shape index (κ2) is 6.43. The minimum Gasteiger partial charge on any atom is -0.478 e. The molecule has 114 valence electrons. The summed E-state index contributed by atoms with van der Waals surface area (Å²) in [4.78, 5) is 30.4. The molecule has 0 bridgehead atoms. The van der Waals surface area contributed by atoms with Crippen molar-refractivity contribution in [1.29, 1.82) is 0 Å². The molecule has 21 heavy (non-hydrogen) atoms. The molecule has 0 aromatic heterocycles. The van der Waals surface area contributed by atoms with Crippen LogP contribution in [0.25, 0.3) is 0 Å². The van der Waals surface area contributed by atoms with E-state index < -0.39 is 38.4 Å². The minimum absolute atomic E-state index is 0.148. The summed E-state index contributed by atoms with van der Waals surface area (Å²) < 4.78 is 29.9. The number of benzene rings is 1. The van der Waals surface area contributed by atoms with Crippen LogP contribution in [0.2, 0.25) is 0 Å². The zero-order valence-electron chi connectivity index (χ0n) is 10.5. The van der Waals surface area contributed by atoms with Crippen molar-refractivity contribution in [2.45, 2.75) is 17.7 Å². The Morgan fingerprint density at radius 2 is 1.57 bits per heavy atom. The van der Waals surface area contributed by atoms with Crippen molar-refractivity contribution in [3.8, 4) is 0 Å². The molecule has 1 heterocycles. The highest BCUT2D eigenvalue weighted by Gasteiger charge is 2.26. The third-order valence-corrected chi connectivity index (χ3v) is 3.33. The maximum absolute atomic E-state index is 10.7. The van der Waals surface area contributed by atoms with Gasteiger partial charge in [0.1, 0.15) is 4.90 Å². The lowest BCUT2D eigenvalue weighted by molar-refractivity contribution is -0.171. The highest BCUT2D eigenvalue weighted by Crippen LogP contribution is 2.14. The third-order valence-electron chi connectivity index (χ3n) is 2.42. The smallest absolute Gasteiger partial charge is 0.337 e. The van der Waals surface area contributed by atoms with Crippen molar-refractivity contribution in [1.82, 2.24) is 5.06 Å². The van der Waals surface area contributed by atoms with Gasteiger partial charge < -0.3 is 5.11 Å². The first-order chi connectivity index (χ1) is 9.64. The van der Waals surface area contributed by atoms with Crippen LogP contribution in [-0.4, -0.2) is 46.1 Å². The van der Waals surface area contributed by atoms with E-state index in [-0.39, 0.29) is 17.9 Å². The lowest BCUT2D eigenvalue weighted by Crippen LogP contribution is -2.24. The molecule has 9 nitrogen and oxygen atoms in total. The summed E-state index contributed by atoms with van der Waals surface area (Å²) in [6.45, 7) is 0. The average molecular weight is 317 g/mol. The van der Waals surface area contributed by atoms with Gasteiger partial charge in [0.05, 0.1) is 5.56 Å². The van der Waals surface area contributed by atoms with E-state index in [0.717, 1.165) is 12.1 Å². The van der Waals surface area contributed by atoms with E-state index in [0.29, 0.717) is 0 Å². The van der Waals surface area contributed by atoms with Gasteiger partial charge in [0, 0.05) is 12.8 Å². The van der Waals surface area contributed by atoms with Gasteiger partial charge in [-0.3, -0.25) is 19.3 Å². The summed E-state index contributed by atoms with van der Waals surface area (Å²) >= 11 is 0. The maximum Gasteiger partial charge on any atom is 0.337 e. The van der Waals surface area contributed by atoms with E-state index in [2.05, 4.69) is 0 Å². The Kier molecular flexibility index (Phi) is 5.13. The molecular weight excluding hydrogens is 306 g/mol. The number of hydrogen-bond acceptors (Lipinski definition) is 6. The lowest BCUT2D eigenvalue weighted by atomic mass is 10.2. The first kappa shape index (κ1) is 16.8. The standard InChI is InChI=1S/C7H6O5S.C4H5NO3/c8-7(9)5-3-1-2-4-6(5)13(10,11)12;6-3-1-2-4(7)5(3)8/h1-4H,(H,8,9)(H,10,11,12);8H,1-2H2. The van der Waals surface area contributed by atoms with Gasteiger partial charge in [-0.2, -0.15) is 13.5 Å². The molecule has 10 heteroatoms. The van der Waals surface area contributed by atoms with Gasteiger partial charge in [0.15, 0.2) is 0 Å². The molecule has 1 aliphatic rings. The van der Waals surface area contributed by atoms with Crippen LogP contribution in [0.3, 0.4) is 0 Å². The number of hydroxylamine groups is 2. The van der Waals surface area contributed by atoms with Crippen molar-refractivity contribution < 1.29 is 37.7 Å². The number of imide groups is 1.